The molecule has 3 heterocycles. The molecule has 0 aromatic carbocycles. The molecular formula is C19H31N5O4S2Si. The van der Waals surface area contributed by atoms with Crippen LogP contribution in [-0.4, -0.2) is 67.6 Å². The first-order valence-corrected chi connectivity index (χ1v) is 15.1. The number of hydrogen-bond acceptors (Lipinski definition) is 8. The van der Waals surface area contributed by atoms with Crippen molar-refractivity contribution in [1.29, 1.82) is 0 Å². The molecule has 0 saturated carbocycles. The Morgan fingerprint density at radius 2 is 2.06 bits per heavy atom. The van der Waals surface area contributed by atoms with Crippen LogP contribution in [0.4, 0.5) is 0 Å². The number of allylic oxidation sites excluding steroid dienone is 1. The van der Waals surface area contributed by atoms with Crippen LogP contribution >= 0.6 is 23.5 Å². The standard InChI is InChI=1S/C19H31N5O4S2Si/c1-11(28-31(6,7)19(2,3)4)13-15(25)24-14(17(26)27)12(30-16(13)24)9-8-10-29-18-20-21-22-23(18)5/h11,13,16H,8-10H2,1-7H3,(H,26,27)/t11-,13+,16-/m1/s1. The molecular weight excluding hydrogens is 454 g/mol. The molecule has 172 valence electrons. The highest BCUT2D eigenvalue weighted by Gasteiger charge is 2.58. The highest BCUT2D eigenvalue weighted by Crippen LogP contribution is 2.52. The number of hydrogen-bond donors (Lipinski definition) is 1. The molecule has 0 radical (unpaired) electrons. The van der Waals surface area contributed by atoms with Crippen LogP contribution in [0.3, 0.4) is 0 Å². The van der Waals surface area contributed by atoms with Gasteiger partial charge in [0.2, 0.25) is 11.1 Å². The van der Waals surface area contributed by atoms with E-state index in [1.165, 1.54) is 28.4 Å². The number of fused-ring (bicyclic) bond motifs is 1. The molecule has 2 aliphatic rings. The third-order valence-corrected chi connectivity index (χ3v) is 13.3. The second-order valence-corrected chi connectivity index (χ2v) is 16.5. The van der Waals surface area contributed by atoms with E-state index in [0.717, 1.165) is 22.2 Å². The Balaban J connectivity index is 1.63. The number of carboxylic acid groups (broad SMARTS) is 1. The van der Waals surface area contributed by atoms with Gasteiger partial charge in [-0.25, -0.2) is 9.48 Å². The fourth-order valence-corrected chi connectivity index (χ4v) is 7.34. The highest BCUT2D eigenvalue weighted by molar-refractivity contribution is 8.04. The quantitative estimate of drug-likeness (QED) is 0.244. The molecule has 9 nitrogen and oxygen atoms in total. The van der Waals surface area contributed by atoms with Gasteiger partial charge in [0.1, 0.15) is 11.1 Å². The minimum atomic E-state index is -2.03. The van der Waals surface area contributed by atoms with Crippen LogP contribution in [0, 0.1) is 5.92 Å². The summed E-state index contributed by atoms with van der Waals surface area (Å²) in [6.07, 6.45) is 1.14. The molecule has 3 atom stereocenters. The summed E-state index contributed by atoms with van der Waals surface area (Å²) in [7, 11) is -0.249. The summed E-state index contributed by atoms with van der Waals surface area (Å²) >= 11 is 3.04. The lowest BCUT2D eigenvalue weighted by Gasteiger charge is -2.48. The minimum absolute atomic E-state index is 0.0438. The van der Waals surface area contributed by atoms with Crippen LogP contribution in [0.5, 0.6) is 0 Å². The summed E-state index contributed by atoms with van der Waals surface area (Å²) < 4.78 is 8.06. The molecule has 0 bridgehead atoms. The van der Waals surface area contributed by atoms with Crippen LogP contribution in [-0.2, 0) is 21.1 Å². The first kappa shape index (κ1) is 24.3. The van der Waals surface area contributed by atoms with Gasteiger partial charge in [0.15, 0.2) is 8.32 Å². The van der Waals surface area contributed by atoms with Crippen LogP contribution in [0.25, 0.3) is 0 Å². The average molecular weight is 486 g/mol. The Kier molecular flexibility index (Phi) is 6.95. The number of amides is 1. The number of β-lactam (4-membered cyclic amide) rings is 1. The molecule has 1 aromatic rings. The average Bonchev–Trinajstić information content (AvgIpc) is 3.18. The summed E-state index contributed by atoms with van der Waals surface area (Å²) in [5, 5.41) is 21.7. The summed E-state index contributed by atoms with van der Waals surface area (Å²) in [5.41, 5.74) is 0.140. The number of carboxylic acids is 1. The third-order valence-electron chi connectivity index (χ3n) is 6.21. The van der Waals surface area contributed by atoms with Crippen molar-refractivity contribution in [2.45, 2.75) is 75.3 Å². The highest BCUT2D eigenvalue weighted by atomic mass is 32.2. The largest absolute Gasteiger partial charge is 0.477 e. The van der Waals surface area contributed by atoms with Gasteiger partial charge in [-0.15, -0.1) is 16.9 Å². The molecule has 1 fully saturated rings. The number of aliphatic carboxylic acids is 1. The third kappa shape index (κ3) is 4.71. The number of aromatic nitrogens is 4. The topological polar surface area (TPSA) is 110 Å². The van der Waals surface area contributed by atoms with E-state index in [4.69, 9.17) is 4.43 Å². The van der Waals surface area contributed by atoms with E-state index in [9.17, 15) is 14.7 Å². The summed E-state index contributed by atoms with van der Waals surface area (Å²) in [6.45, 7) is 12.8. The zero-order valence-electron chi connectivity index (χ0n) is 19.1. The molecule has 2 aliphatic heterocycles. The lowest BCUT2D eigenvalue weighted by molar-refractivity contribution is -0.156. The molecule has 31 heavy (non-hydrogen) atoms. The smallest absolute Gasteiger partial charge is 0.353 e. The Bertz CT molecular complexity index is 898. The fraction of sp³-hybridized carbons (Fsp3) is 0.737. The first-order chi connectivity index (χ1) is 14.3. The number of nitrogens with zero attached hydrogens (tertiary/aromatic N) is 5. The van der Waals surface area contributed by atoms with Gasteiger partial charge >= 0.3 is 5.97 Å². The fourth-order valence-electron chi connectivity index (χ4n) is 3.47. The zero-order chi connectivity index (χ0) is 23.1. The van der Waals surface area contributed by atoms with Crippen molar-refractivity contribution in [3.8, 4) is 0 Å². The van der Waals surface area contributed by atoms with Crippen molar-refractivity contribution in [3.05, 3.63) is 10.6 Å². The van der Waals surface area contributed by atoms with Gasteiger partial charge in [-0.05, 0) is 48.3 Å². The summed E-state index contributed by atoms with van der Waals surface area (Å²) in [4.78, 5) is 27.1. The summed E-state index contributed by atoms with van der Waals surface area (Å²) in [6, 6.07) is 0. The van der Waals surface area contributed by atoms with Gasteiger partial charge in [-0.1, -0.05) is 32.5 Å². The summed E-state index contributed by atoms with van der Waals surface area (Å²) in [5.74, 6) is -0.737. The van der Waals surface area contributed by atoms with Gasteiger partial charge in [0, 0.05) is 17.7 Å². The van der Waals surface area contributed by atoms with Crippen molar-refractivity contribution >= 4 is 43.7 Å². The molecule has 1 amide bonds. The van der Waals surface area contributed by atoms with Crippen molar-refractivity contribution in [2.24, 2.45) is 13.0 Å². The maximum absolute atomic E-state index is 12.9. The maximum atomic E-state index is 12.9. The number of carbonyl (C=O) groups excluding carboxylic acids is 1. The SMILES string of the molecule is C[C@@H](O[Si](C)(C)C(C)(C)C)[C@H]1C(=O)N2C(C(=O)O)=C(CCCSc3nnnn3C)S[C@H]12. The number of carbonyl (C=O) groups is 2. The number of aryl methyl sites for hydroxylation is 1. The van der Waals surface area contributed by atoms with Crippen LogP contribution in [0.2, 0.25) is 18.1 Å². The van der Waals surface area contributed by atoms with Crippen molar-refractivity contribution in [3.63, 3.8) is 0 Å². The van der Waals surface area contributed by atoms with E-state index < -0.39 is 14.3 Å². The Morgan fingerprint density at radius 3 is 2.61 bits per heavy atom. The van der Waals surface area contributed by atoms with Crippen LogP contribution in [0.15, 0.2) is 15.8 Å². The van der Waals surface area contributed by atoms with E-state index in [2.05, 4.69) is 49.4 Å². The van der Waals surface area contributed by atoms with Crippen LogP contribution in [0.1, 0.15) is 40.5 Å². The van der Waals surface area contributed by atoms with E-state index >= 15 is 0 Å². The molecule has 12 heteroatoms. The van der Waals surface area contributed by atoms with E-state index in [1.807, 2.05) is 6.92 Å². The first-order valence-electron chi connectivity index (χ1n) is 10.3. The molecule has 0 aliphatic carbocycles. The Hall–Kier alpha value is -1.37. The molecule has 0 spiro atoms. The van der Waals surface area contributed by atoms with E-state index in [-0.39, 0.29) is 34.0 Å². The Morgan fingerprint density at radius 1 is 1.39 bits per heavy atom. The second-order valence-electron chi connectivity index (χ2n) is 9.44. The lowest BCUT2D eigenvalue weighted by atomic mass is 9.92. The van der Waals surface area contributed by atoms with Gasteiger partial charge in [-0.3, -0.25) is 9.69 Å². The molecule has 1 N–H and O–H groups in total. The molecule has 1 aromatic heterocycles. The van der Waals surface area contributed by atoms with E-state index in [1.54, 1.807) is 11.7 Å². The van der Waals surface area contributed by atoms with Gasteiger partial charge in [-0.2, -0.15) is 0 Å². The van der Waals surface area contributed by atoms with Crippen molar-refractivity contribution in [1.82, 2.24) is 25.1 Å². The Labute approximate surface area is 192 Å². The van der Waals surface area contributed by atoms with Crippen molar-refractivity contribution < 1.29 is 19.1 Å². The normalized spacial score (nSPS) is 22.5. The monoisotopic (exact) mass is 485 g/mol. The van der Waals surface area contributed by atoms with Gasteiger partial charge < -0.3 is 9.53 Å². The van der Waals surface area contributed by atoms with Gasteiger partial charge in [0.05, 0.1) is 12.0 Å². The van der Waals surface area contributed by atoms with Crippen molar-refractivity contribution in [2.75, 3.05) is 5.75 Å². The molecule has 3 rings (SSSR count). The maximum Gasteiger partial charge on any atom is 0.353 e. The lowest BCUT2D eigenvalue weighted by Crippen LogP contribution is -2.62. The number of rotatable bonds is 9. The molecule has 1 saturated heterocycles. The van der Waals surface area contributed by atoms with Crippen LogP contribution < -0.4 is 0 Å². The second kappa shape index (κ2) is 8.87. The minimum Gasteiger partial charge on any atom is -0.477 e. The molecule has 0 unspecified atom stereocenters. The van der Waals surface area contributed by atoms with Gasteiger partial charge in [0.25, 0.3) is 0 Å². The van der Waals surface area contributed by atoms with E-state index in [0.29, 0.717) is 6.42 Å². The zero-order valence-corrected chi connectivity index (χ0v) is 21.7. The predicted molar refractivity (Wildman–Crippen MR) is 123 cm³/mol. The predicted octanol–water partition coefficient (Wildman–Crippen LogP) is 3.32. The number of thioether (sulfide) groups is 2. The number of tetrazole rings is 1.